The van der Waals surface area contributed by atoms with Crippen LogP contribution in [0.15, 0.2) is 11.4 Å². The Kier molecular flexibility index (Phi) is 3.66. The molecule has 0 bridgehead atoms. The van der Waals surface area contributed by atoms with Gasteiger partial charge in [0.15, 0.2) is 0 Å². The molecule has 4 heteroatoms. The van der Waals surface area contributed by atoms with Crippen molar-refractivity contribution in [3.63, 3.8) is 0 Å². The second-order valence-corrected chi connectivity index (χ2v) is 6.34. The average Bonchev–Trinajstić information content (AvgIpc) is 3.09. The highest BCUT2D eigenvalue weighted by molar-refractivity contribution is 7.10. The SMILES string of the molecule is O=C(CNCCC1CC1)N1CCc2sccc2C1. The molecule has 1 amide bonds. The average molecular weight is 264 g/mol. The van der Waals surface area contributed by atoms with Crippen molar-refractivity contribution in [2.24, 2.45) is 5.92 Å². The number of thiophene rings is 1. The van der Waals surface area contributed by atoms with Gasteiger partial charge in [-0.05, 0) is 42.3 Å². The van der Waals surface area contributed by atoms with Gasteiger partial charge in [0, 0.05) is 18.0 Å². The molecule has 0 aromatic carbocycles. The van der Waals surface area contributed by atoms with Gasteiger partial charge in [-0.3, -0.25) is 4.79 Å². The summed E-state index contributed by atoms with van der Waals surface area (Å²) >= 11 is 1.82. The molecule has 1 aliphatic heterocycles. The van der Waals surface area contributed by atoms with Gasteiger partial charge in [-0.2, -0.15) is 0 Å². The lowest BCUT2D eigenvalue weighted by Crippen LogP contribution is -2.41. The van der Waals surface area contributed by atoms with Gasteiger partial charge >= 0.3 is 0 Å². The molecule has 0 radical (unpaired) electrons. The first-order chi connectivity index (χ1) is 8.83. The zero-order valence-electron chi connectivity index (χ0n) is 10.7. The lowest BCUT2D eigenvalue weighted by Gasteiger charge is -2.27. The van der Waals surface area contributed by atoms with E-state index in [4.69, 9.17) is 0 Å². The van der Waals surface area contributed by atoms with Crippen molar-refractivity contribution in [1.82, 2.24) is 10.2 Å². The minimum absolute atomic E-state index is 0.252. The molecule has 0 spiro atoms. The van der Waals surface area contributed by atoms with E-state index in [0.717, 1.165) is 32.0 Å². The summed E-state index contributed by atoms with van der Waals surface area (Å²) in [6.07, 6.45) is 5.05. The molecule has 2 aliphatic rings. The van der Waals surface area contributed by atoms with E-state index in [9.17, 15) is 4.79 Å². The first-order valence-electron chi connectivity index (χ1n) is 6.86. The van der Waals surface area contributed by atoms with E-state index < -0.39 is 0 Å². The highest BCUT2D eigenvalue weighted by atomic mass is 32.1. The third-order valence-electron chi connectivity index (χ3n) is 3.86. The maximum absolute atomic E-state index is 12.1. The van der Waals surface area contributed by atoms with Crippen molar-refractivity contribution in [3.05, 3.63) is 21.9 Å². The molecule has 0 saturated heterocycles. The second kappa shape index (κ2) is 5.41. The Morgan fingerprint density at radius 3 is 3.22 bits per heavy atom. The molecule has 1 aliphatic carbocycles. The van der Waals surface area contributed by atoms with E-state index in [2.05, 4.69) is 16.8 Å². The van der Waals surface area contributed by atoms with Crippen LogP contribution in [0, 0.1) is 5.92 Å². The lowest BCUT2D eigenvalue weighted by atomic mass is 10.1. The summed E-state index contributed by atoms with van der Waals surface area (Å²) in [5.41, 5.74) is 1.34. The van der Waals surface area contributed by atoms with Gasteiger partial charge in [-0.25, -0.2) is 0 Å². The minimum atomic E-state index is 0.252. The molecule has 3 nitrogen and oxygen atoms in total. The van der Waals surface area contributed by atoms with Crippen molar-refractivity contribution in [2.75, 3.05) is 19.6 Å². The summed E-state index contributed by atoms with van der Waals surface area (Å²) in [7, 11) is 0. The van der Waals surface area contributed by atoms with Crippen molar-refractivity contribution < 1.29 is 4.79 Å². The summed E-state index contributed by atoms with van der Waals surface area (Å²) < 4.78 is 0. The molecule has 1 saturated carbocycles. The summed E-state index contributed by atoms with van der Waals surface area (Å²) in [4.78, 5) is 15.5. The van der Waals surface area contributed by atoms with Crippen molar-refractivity contribution >= 4 is 17.2 Å². The normalized spacial score (nSPS) is 18.8. The number of rotatable bonds is 5. The van der Waals surface area contributed by atoms with Crippen molar-refractivity contribution in [2.45, 2.75) is 32.2 Å². The number of carbonyl (C=O) groups is 1. The predicted molar refractivity (Wildman–Crippen MR) is 73.7 cm³/mol. The second-order valence-electron chi connectivity index (χ2n) is 5.34. The highest BCUT2D eigenvalue weighted by Crippen LogP contribution is 2.31. The van der Waals surface area contributed by atoms with E-state index in [1.165, 1.54) is 29.7 Å². The van der Waals surface area contributed by atoms with E-state index in [1.54, 1.807) is 0 Å². The minimum Gasteiger partial charge on any atom is -0.337 e. The van der Waals surface area contributed by atoms with Crippen LogP contribution in [0.2, 0.25) is 0 Å². The number of nitrogens with zero attached hydrogens (tertiary/aromatic N) is 1. The van der Waals surface area contributed by atoms with Gasteiger partial charge in [-0.15, -0.1) is 11.3 Å². The van der Waals surface area contributed by atoms with Crippen LogP contribution in [0.5, 0.6) is 0 Å². The number of carbonyl (C=O) groups excluding carboxylic acids is 1. The topological polar surface area (TPSA) is 32.3 Å². The largest absolute Gasteiger partial charge is 0.337 e. The molecule has 1 fully saturated rings. The zero-order valence-corrected chi connectivity index (χ0v) is 11.5. The van der Waals surface area contributed by atoms with Crippen LogP contribution in [0.3, 0.4) is 0 Å². The van der Waals surface area contributed by atoms with Gasteiger partial charge in [0.1, 0.15) is 0 Å². The summed E-state index contributed by atoms with van der Waals surface area (Å²) in [5.74, 6) is 1.19. The van der Waals surface area contributed by atoms with Crippen LogP contribution in [-0.2, 0) is 17.8 Å². The Morgan fingerprint density at radius 1 is 1.50 bits per heavy atom. The van der Waals surface area contributed by atoms with Gasteiger partial charge in [0.05, 0.1) is 6.54 Å². The molecule has 1 aromatic heterocycles. The first-order valence-corrected chi connectivity index (χ1v) is 7.74. The van der Waals surface area contributed by atoms with Crippen LogP contribution < -0.4 is 5.32 Å². The molecule has 98 valence electrons. The Morgan fingerprint density at radius 2 is 2.39 bits per heavy atom. The fourth-order valence-electron chi connectivity index (χ4n) is 2.48. The lowest BCUT2D eigenvalue weighted by molar-refractivity contribution is -0.131. The van der Waals surface area contributed by atoms with Crippen LogP contribution in [0.1, 0.15) is 29.7 Å². The standard InChI is InChI=1S/C14H20N2OS/c17-14(9-15-6-3-11-1-2-11)16-7-4-13-12(10-16)5-8-18-13/h5,8,11,15H,1-4,6-7,9-10H2. The van der Waals surface area contributed by atoms with E-state index in [-0.39, 0.29) is 5.91 Å². The number of hydrogen-bond acceptors (Lipinski definition) is 3. The molecule has 0 unspecified atom stereocenters. The molecule has 2 heterocycles. The first kappa shape index (κ1) is 12.2. The molecule has 1 aromatic rings. The molecular formula is C14H20N2OS. The Labute approximate surface area is 112 Å². The fraction of sp³-hybridized carbons (Fsp3) is 0.643. The quantitative estimate of drug-likeness (QED) is 0.825. The van der Waals surface area contributed by atoms with Gasteiger partial charge < -0.3 is 10.2 Å². The molecule has 3 rings (SSSR count). The summed E-state index contributed by atoms with van der Waals surface area (Å²) in [6, 6.07) is 2.15. The monoisotopic (exact) mass is 264 g/mol. The summed E-state index contributed by atoms with van der Waals surface area (Å²) in [6.45, 7) is 3.19. The zero-order chi connectivity index (χ0) is 12.4. The number of fused-ring (bicyclic) bond motifs is 1. The van der Waals surface area contributed by atoms with Crippen LogP contribution in [-0.4, -0.2) is 30.4 Å². The maximum Gasteiger partial charge on any atom is 0.236 e. The summed E-state index contributed by atoms with van der Waals surface area (Å²) in [5, 5.41) is 5.41. The molecule has 1 N–H and O–H groups in total. The Balaban J connectivity index is 1.42. The van der Waals surface area contributed by atoms with Crippen molar-refractivity contribution in [3.8, 4) is 0 Å². The molecule has 0 atom stereocenters. The fourth-order valence-corrected chi connectivity index (χ4v) is 3.37. The van der Waals surface area contributed by atoms with Gasteiger partial charge in [0.2, 0.25) is 5.91 Å². The predicted octanol–water partition coefficient (Wildman–Crippen LogP) is 2.02. The van der Waals surface area contributed by atoms with E-state index >= 15 is 0 Å². The van der Waals surface area contributed by atoms with Gasteiger partial charge in [0.25, 0.3) is 0 Å². The Hall–Kier alpha value is -0.870. The molecule has 18 heavy (non-hydrogen) atoms. The number of nitrogens with one attached hydrogen (secondary N) is 1. The maximum atomic E-state index is 12.1. The highest BCUT2D eigenvalue weighted by Gasteiger charge is 2.22. The van der Waals surface area contributed by atoms with Crippen LogP contribution in [0.4, 0.5) is 0 Å². The third kappa shape index (κ3) is 2.93. The Bertz CT molecular complexity index is 425. The third-order valence-corrected chi connectivity index (χ3v) is 4.89. The van der Waals surface area contributed by atoms with Crippen LogP contribution >= 0.6 is 11.3 Å². The number of hydrogen-bond donors (Lipinski definition) is 1. The van der Waals surface area contributed by atoms with Crippen molar-refractivity contribution in [1.29, 1.82) is 0 Å². The van der Waals surface area contributed by atoms with E-state index in [1.807, 2.05) is 16.2 Å². The smallest absolute Gasteiger partial charge is 0.236 e. The van der Waals surface area contributed by atoms with E-state index in [0.29, 0.717) is 6.54 Å². The van der Waals surface area contributed by atoms with Gasteiger partial charge in [-0.1, -0.05) is 12.8 Å². The molecular weight excluding hydrogens is 244 g/mol. The number of amides is 1. The van der Waals surface area contributed by atoms with Crippen LogP contribution in [0.25, 0.3) is 0 Å².